The lowest BCUT2D eigenvalue weighted by Crippen LogP contribution is -2.51. The zero-order valence-corrected chi connectivity index (χ0v) is 12.1. The maximum absolute atomic E-state index is 12.4. The predicted molar refractivity (Wildman–Crippen MR) is 76.3 cm³/mol. The van der Waals surface area contributed by atoms with E-state index in [-0.39, 0.29) is 11.3 Å². The molecule has 0 spiro atoms. The van der Waals surface area contributed by atoms with Gasteiger partial charge in [-0.15, -0.1) is 0 Å². The Labute approximate surface area is 119 Å². The Morgan fingerprint density at radius 1 is 1.25 bits per heavy atom. The minimum atomic E-state index is -3.56. The zero-order chi connectivity index (χ0) is 14.6. The van der Waals surface area contributed by atoms with Crippen molar-refractivity contribution in [2.24, 2.45) is 5.73 Å². The van der Waals surface area contributed by atoms with Crippen LogP contribution in [0.5, 0.6) is 0 Å². The first-order valence-corrected chi connectivity index (χ1v) is 8.20. The first kappa shape index (κ1) is 15.0. The molecule has 1 aromatic carbocycles. The second-order valence-corrected chi connectivity index (χ2v) is 6.96. The molecular weight excluding hydrogens is 274 g/mol. The standard InChI is InChI=1S/C14H19N3O2S/c15-10-7-12-3-5-13(6-4-12)20(18,19)17-14(11-16)8-1-2-9-14/h3-6,17H,1-2,7-9,11,16H2. The van der Waals surface area contributed by atoms with Crippen LogP contribution in [-0.4, -0.2) is 20.5 Å². The number of rotatable bonds is 5. The lowest BCUT2D eigenvalue weighted by molar-refractivity contribution is 0.399. The van der Waals surface area contributed by atoms with Crippen molar-refractivity contribution in [2.45, 2.75) is 42.5 Å². The summed E-state index contributed by atoms with van der Waals surface area (Å²) in [5.74, 6) is 0. The first-order chi connectivity index (χ1) is 9.51. The molecule has 1 aromatic rings. The lowest BCUT2D eigenvalue weighted by atomic mass is 10.0. The molecule has 2 rings (SSSR count). The fraction of sp³-hybridized carbons (Fsp3) is 0.500. The van der Waals surface area contributed by atoms with Crippen LogP contribution in [0.3, 0.4) is 0 Å². The van der Waals surface area contributed by atoms with E-state index in [2.05, 4.69) is 4.72 Å². The Morgan fingerprint density at radius 3 is 2.35 bits per heavy atom. The third-order valence-electron chi connectivity index (χ3n) is 3.82. The van der Waals surface area contributed by atoms with Crippen LogP contribution in [0.15, 0.2) is 29.2 Å². The van der Waals surface area contributed by atoms with Crippen molar-refractivity contribution in [3.63, 3.8) is 0 Å². The highest BCUT2D eigenvalue weighted by Gasteiger charge is 2.36. The first-order valence-electron chi connectivity index (χ1n) is 6.71. The van der Waals surface area contributed by atoms with Gasteiger partial charge in [-0.1, -0.05) is 25.0 Å². The Hall–Kier alpha value is -1.42. The van der Waals surface area contributed by atoms with Crippen LogP contribution < -0.4 is 10.5 Å². The molecule has 20 heavy (non-hydrogen) atoms. The maximum atomic E-state index is 12.4. The number of hydrogen-bond donors (Lipinski definition) is 2. The number of nitrogens with one attached hydrogen (secondary N) is 1. The summed E-state index contributed by atoms with van der Waals surface area (Å²) in [6, 6.07) is 8.44. The van der Waals surface area contributed by atoms with E-state index in [1.165, 1.54) is 12.1 Å². The number of nitrogens with two attached hydrogens (primary N) is 1. The molecule has 0 saturated heterocycles. The van der Waals surface area contributed by atoms with E-state index in [9.17, 15) is 8.42 Å². The van der Waals surface area contributed by atoms with Crippen LogP contribution in [-0.2, 0) is 16.4 Å². The molecule has 0 heterocycles. The predicted octanol–water partition coefficient (Wildman–Crippen LogP) is 1.30. The molecule has 6 heteroatoms. The van der Waals surface area contributed by atoms with Gasteiger partial charge in [-0.05, 0) is 30.5 Å². The van der Waals surface area contributed by atoms with Crippen LogP contribution in [0.1, 0.15) is 31.2 Å². The van der Waals surface area contributed by atoms with Gasteiger partial charge >= 0.3 is 0 Å². The van der Waals surface area contributed by atoms with Crippen molar-refractivity contribution >= 4 is 10.0 Å². The van der Waals surface area contributed by atoms with Crippen molar-refractivity contribution < 1.29 is 8.42 Å². The SMILES string of the molecule is N#CCc1ccc(S(=O)(=O)NC2(CN)CCCC2)cc1. The molecule has 0 atom stereocenters. The largest absolute Gasteiger partial charge is 0.329 e. The van der Waals surface area contributed by atoms with Crippen molar-refractivity contribution in [3.8, 4) is 6.07 Å². The van der Waals surface area contributed by atoms with Crippen molar-refractivity contribution in [2.75, 3.05) is 6.54 Å². The average molecular weight is 293 g/mol. The number of hydrogen-bond acceptors (Lipinski definition) is 4. The Kier molecular flexibility index (Phi) is 4.43. The van der Waals surface area contributed by atoms with Gasteiger partial charge in [0.05, 0.1) is 17.4 Å². The van der Waals surface area contributed by atoms with Crippen molar-refractivity contribution in [1.82, 2.24) is 4.72 Å². The molecule has 1 aliphatic rings. The molecule has 0 amide bonds. The van der Waals surface area contributed by atoms with Crippen molar-refractivity contribution in [1.29, 1.82) is 5.26 Å². The van der Waals surface area contributed by atoms with Gasteiger partial charge in [0.25, 0.3) is 0 Å². The van der Waals surface area contributed by atoms with E-state index in [0.717, 1.165) is 31.2 Å². The summed E-state index contributed by atoms with van der Waals surface area (Å²) in [6.07, 6.45) is 3.85. The Balaban J connectivity index is 2.20. The molecule has 0 aliphatic heterocycles. The van der Waals surface area contributed by atoms with Crippen LogP contribution in [0.2, 0.25) is 0 Å². The number of sulfonamides is 1. The van der Waals surface area contributed by atoms with Gasteiger partial charge in [0.15, 0.2) is 0 Å². The molecule has 1 fully saturated rings. The highest BCUT2D eigenvalue weighted by atomic mass is 32.2. The topological polar surface area (TPSA) is 96.0 Å². The van der Waals surface area contributed by atoms with Crippen LogP contribution >= 0.6 is 0 Å². The molecule has 0 bridgehead atoms. The zero-order valence-electron chi connectivity index (χ0n) is 11.3. The van der Waals surface area contributed by atoms with E-state index in [4.69, 9.17) is 11.0 Å². The molecule has 108 valence electrons. The van der Waals surface area contributed by atoms with E-state index < -0.39 is 15.6 Å². The van der Waals surface area contributed by atoms with Crippen LogP contribution in [0.25, 0.3) is 0 Å². The summed E-state index contributed by atoms with van der Waals surface area (Å²) in [6.45, 7) is 0.318. The summed E-state index contributed by atoms with van der Waals surface area (Å²) >= 11 is 0. The number of nitriles is 1. The smallest absolute Gasteiger partial charge is 0.241 e. The third-order valence-corrected chi connectivity index (χ3v) is 5.41. The average Bonchev–Trinajstić information content (AvgIpc) is 2.88. The van der Waals surface area contributed by atoms with Crippen LogP contribution in [0, 0.1) is 11.3 Å². The van der Waals surface area contributed by atoms with E-state index >= 15 is 0 Å². The molecule has 3 N–H and O–H groups in total. The highest BCUT2D eigenvalue weighted by molar-refractivity contribution is 7.89. The summed E-state index contributed by atoms with van der Waals surface area (Å²) < 4.78 is 27.5. The summed E-state index contributed by atoms with van der Waals surface area (Å²) in [5, 5.41) is 8.61. The van der Waals surface area contributed by atoms with Gasteiger partial charge in [-0.2, -0.15) is 5.26 Å². The molecule has 0 radical (unpaired) electrons. The summed E-state index contributed by atoms with van der Waals surface area (Å²) in [5.41, 5.74) is 6.07. The van der Waals surface area contributed by atoms with Gasteiger partial charge in [0.2, 0.25) is 10.0 Å². The molecule has 0 aromatic heterocycles. The van der Waals surface area contributed by atoms with E-state index in [1.54, 1.807) is 12.1 Å². The molecule has 0 unspecified atom stereocenters. The highest BCUT2D eigenvalue weighted by Crippen LogP contribution is 2.30. The second kappa shape index (κ2) is 5.92. The Morgan fingerprint density at radius 2 is 1.85 bits per heavy atom. The molecular formula is C14H19N3O2S. The van der Waals surface area contributed by atoms with Gasteiger partial charge in [-0.3, -0.25) is 0 Å². The van der Waals surface area contributed by atoms with Gasteiger partial charge in [0, 0.05) is 12.1 Å². The summed E-state index contributed by atoms with van der Waals surface area (Å²) in [7, 11) is -3.56. The number of nitrogens with zero attached hydrogens (tertiary/aromatic N) is 1. The van der Waals surface area contributed by atoms with Gasteiger partial charge < -0.3 is 5.73 Å². The minimum absolute atomic E-state index is 0.221. The van der Waals surface area contributed by atoms with E-state index in [0.29, 0.717) is 6.54 Å². The maximum Gasteiger partial charge on any atom is 0.241 e. The fourth-order valence-electron chi connectivity index (χ4n) is 2.62. The second-order valence-electron chi connectivity index (χ2n) is 5.28. The van der Waals surface area contributed by atoms with Gasteiger partial charge in [0.1, 0.15) is 0 Å². The normalized spacial score (nSPS) is 17.8. The van der Waals surface area contributed by atoms with Gasteiger partial charge in [-0.25, -0.2) is 13.1 Å². The Bertz CT molecular complexity index is 596. The minimum Gasteiger partial charge on any atom is -0.329 e. The van der Waals surface area contributed by atoms with Crippen LogP contribution in [0.4, 0.5) is 0 Å². The molecule has 5 nitrogen and oxygen atoms in total. The third kappa shape index (κ3) is 3.18. The van der Waals surface area contributed by atoms with Crippen molar-refractivity contribution in [3.05, 3.63) is 29.8 Å². The molecule has 1 saturated carbocycles. The monoisotopic (exact) mass is 293 g/mol. The lowest BCUT2D eigenvalue weighted by Gasteiger charge is -2.28. The number of benzene rings is 1. The molecule has 1 aliphatic carbocycles. The van der Waals surface area contributed by atoms with E-state index in [1.807, 2.05) is 6.07 Å². The quantitative estimate of drug-likeness (QED) is 0.855. The fourth-order valence-corrected chi connectivity index (χ4v) is 4.09. The summed E-state index contributed by atoms with van der Waals surface area (Å²) in [4.78, 5) is 0.221.